The molecule has 1 aliphatic heterocycles. The van der Waals surface area contributed by atoms with Crippen LogP contribution in [0.25, 0.3) is 0 Å². The van der Waals surface area contributed by atoms with E-state index < -0.39 is 17.9 Å². The van der Waals surface area contributed by atoms with Gasteiger partial charge in [0.1, 0.15) is 11.6 Å². The summed E-state index contributed by atoms with van der Waals surface area (Å²) in [6.07, 6.45) is 0.300. The maximum atomic E-state index is 12.8. The Labute approximate surface area is 127 Å². The summed E-state index contributed by atoms with van der Waals surface area (Å²) in [5.41, 5.74) is 0. The quantitative estimate of drug-likeness (QED) is 0.824. The fourth-order valence-corrected chi connectivity index (χ4v) is 2.14. The summed E-state index contributed by atoms with van der Waals surface area (Å²) in [5, 5.41) is 11.7. The molecule has 7 heteroatoms. The number of carboxylic acid groups (broad SMARTS) is 1. The van der Waals surface area contributed by atoms with Gasteiger partial charge < -0.3 is 19.9 Å². The Morgan fingerprint density at radius 2 is 2.14 bits per heavy atom. The van der Waals surface area contributed by atoms with E-state index in [1.165, 1.54) is 24.3 Å². The Morgan fingerprint density at radius 1 is 1.41 bits per heavy atom. The van der Waals surface area contributed by atoms with Crippen molar-refractivity contribution in [3.8, 4) is 5.75 Å². The van der Waals surface area contributed by atoms with Crippen molar-refractivity contribution in [2.45, 2.75) is 18.9 Å². The number of carbonyl (C=O) groups is 2. The van der Waals surface area contributed by atoms with Crippen LogP contribution in [0.15, 0.2) is 24.3 Å². The predicted molar refractivity (Wildman–Crippen MR) is 75.0 cm³/mol. The number of halogens is 1. The second-order valence-electron chi connectivity index (χ2n) is 5.06. The van der Waals surface area contributed by atoms with Gasteiger partial charge in [-0.2, -0.15) is 0 Å². The number of amides is 1. The van der Waals surface area contributed by atoms with E-state index in [0.29, 0.717) is 13.2 Å². The van der Waals surface area contributed by atoms with Crippen LogP contribution in [0.4, 0.5) is 4.39 Å². The van der Waals surface area contributed by atoms with Crippen molar-refractivity contribution in [2.24, 2.45) is 5.92 Å². The molecule has 2 unspecified atom stereocenters. The molecule has 2 atom stereocenters. The molecule has 0 aromatic heterocycles. The number of hydrogen-bond donors (Lipinski definition) is 2. The van der Waals surface area contributed by atoms with E-state index in [2.05, 4.69) is 5.32 Å². The topological polar surface area (TPSA) is 84.9 Å². The molecule has 1 aromatic rings. The fraction of sp³-hybridized carbons (Fsp3) is 0.467. The largest absolute Gasteiger partial charge is 0.478 e. The first kappa shape index (κ1) is 16.2. The third kappa shape index (κ3) is 4.70. The first-order valence-electron chi connectivity index (χ1n) is 7.07. The zero-order chi connectivity index (χ0) is 15.9. The van der Waals surface area contributed by atoms with E-state index in [4.69, 9.17) is 14.6 Å². The number of carbonyl (C=O) groups excluding carboxylic acids is 1. The zero-order valence-corrected chi connectivity index (χ0v) is 12.0. The summed E-state index contributed by atoms with van der Waals surface area (Å²) in [5.74, 6) is -1.92. The highest BCUT2D eigenvalue weighted by atomic mass is 19.1. The smallest absolute Gasteiger partial charge is 0.346 e. The van der Waals surface area contributed by atoms with Gasteiger partial charge in [0.15, 0.2) is 0 Å². The molecule has 0 radical (unpaired) electrons. The fourth-order valence-electron chi connectivity index (χ4n) is 2.14. The maximum Gasteiger partial charge on any atom is 0.346 e. The predicted octanol–water partition coefficient (Wildman–Crippen LogP) is 1.20. The molecule has 1 fully saturated rings. The molecule has 0 saturated carbocycles. The third-order valence-electron chi connectivity index (χ3n) is 3.36. The van der Waals surface area contributed by atoms with Crippen LogP contribution >= 0.6 is 0 Å². The first-order chi connectivity index (χ1) is 10.6. The highest BCUT2D eigenvalue weighted by Gasteiger charge is 2.25. The summed E-state index contributed by atoms with van der Waals surface area (Å²) >= 11 is 0. The zero-order valence-electron chi connectivity index (χ0n) is 12.0. The minimum atomic E-state index is -1.24. The highest BCUT2D eigenvalue weighted by Crippen LogP contribution is 2.15. The van der Waals surface area contributed by atoms with Crippen molar-refractivity contribution in [3.63, 3.8) is 0 Å². The van der Waals surface area contributed by atoms with Crippen LogP contribution in [-0.2, 0) is 14.3 Å². The normalized spacial score (nSPS) is 19.2. The molecule has 0 aliphatic carbocycles. The number of aliphatic carboxylic acids is 1. The molecule has 120 valence electrons. The van der Waals surface area contributed by atoms with E-state index in [1.54, 1.807) is 0 Å². The average Bonchev–Trinajstić information content (AvgIpc) is 2.53. The van der Waals surface area contributed by atoms with Gasteiger partial charge in [0.25, 0.3) is 0 Å². The van der Waals surface area contributed by atoms with Crippen molar-refractivity contribution in [2.75, 3.05) is 19.8 Å². The first-order valence-corrected chi connectivity index (χ1v) is 7.07. The standard InChI is InChI=1S/C15H18FNO5/c16-11-3-5-12(6-4-11)22-13(15(19)20)8-17-14(18)10-2-1-7-21-9-10/h3-6,10,13H,1-2,7-9H2,(H,17,18)(H,19,20). The van der Waals surface area contributed by atoms with Gasteiger partial charge in [0.2, 0.25) is 12.0 Å². The Bertz CT molecular complexity index is 513. The monoisotopic (exact) mass is 311 g/mol. The third-order valence-corrected chi connectivity index (χ3v) is 3.36. The van der Waals surface area contributed by atoms with Crippen LogP contribution in [0.3, 0.4) is 0 Å². The van der Waals surface area contributed by atoms with Gasteiger partial charge in [0.05, 0.1) is 19.1 Å². The number of rotatable bonds is 6. The van der Waals surface area contributed by atoms with E-state index in [0.717, 1.165) is 12.8 Å². The summed E-state index contributed by atoms with van der Waals surface area (Å²) in [6.45, 7) is 0.833. The highest BCUT2D eigenvalue weighted by molar-refractivity contribution is 5.80. The van der Waals surface area contributed by atoms with Crippen molar-refractivity contribution < 1.29 is 28.6 Å². The molecule has 2 rings (SSSR count). The second-order valence-corrected chi connectivity index (χ2v) is 5.06. The lowest BCUT2D eigenvalue weighted by Crippen LogP contribution is -2.43. The van der Waals surface area contributed by atoms with Gasteiger partial charge in [-0.15, -0.1) is 0 Å². The van der Waals surface area contributed by atoms with Crippen LogP contribution in [0.1, 0.15) is 12.8 Å². The van der Waals surface area contributed by atoms with E-state index in [1.807, 2.05) is 0 Å². The average molecular weight is 311 g/mol. The van der Waals surface area contributed by atoms with Gasteiger partial charge in [-0.1, -0.05) is 0 Å². The maximum absolute atomic E-state index is 12.8. The van der Waals surface area contributed by atoms with Gasteiger partial charge in [-0.3, -0.25) is 4.79 Å². The van der Waals surface area contributed by atoms with Gasteiger partial charge >= 0.3 is 5.97 Å². The molecule has 6 nitrogen and oxygen atoms in total. The number of ether oxygens (including phenoxy) is 2. The number of nitrogens with one attached hydrogen (secondary N) is 1. The summed E-state index contributed by atoms with van der Waals surface area (Å²) in [4.78, 5) is 23.1. The van der Waals surface area contributed by atoms with Crippen molar-refractivity contribution in [1.82, 2.24) is 5.32 Å². The van der Waals surface area contributed by atoms with Gasteiger partial charge in [-0.25, -0.2) is 9.18 Å². The molecule has 1 amide bonds. The van der Waals surface area contributed by atoms with E-state index in [9.17, 15) is 14.0 Å². The molecule has 2 N–H and O–H groups in total. The molecule has 0 bridgehead atoms. The Morgan fingerprint density at radius 3 is 2.73 bits per heavy atom. The van der Waals surface area contributed by atoms with E-state index in [-0.39, 0.29) is 24.1 Å². The van der Waals surface area contributed by atoms with Crippen molar-refractivity contribution >= 4 is 11.9 Å². The molecule has 22 heavy (non-hydrogen) atoms. The number of carboxylic acids is 1. The minimum Gasteiger partial charge on any atom is -0.478 e. The molecular weight excluding hydrogens is 293 g/mol. The lowest BCUT2D eigenvalue weighted by Gasteiger charge is -2.22. The van der Waals surface area contributed by atoms with Crippen LogP contribution in [0.2, 0.25) is 0 Å². The summed E-state index contributed by atoms with van der Waals surface area (Å²) in [7, 11) is 0. The number of benzene rings is 1. The summed E-state index contributed by atoms with van der Waals surface area (Å²) < 4.78 is 23.3. The molecule has 0 spiro atoms. The summed E-state index contributed by atoms with van der Waals surface area (Å²) in [6, 6.07) is 5.02. The Balaban J connectivity index is 1.87. The Kier molecular flexibility index (Phi) is 5.71. The molecule has 1 aliphatic rings. The van der Waals surface area contributed by atoms with Crippen LogP contribution in [0.5, 0.6) is 5.75 Å². The lowest BCUT2D eigenvalue weighted by atomic mass is 10.0. The van der Waals surface area contributed by atoms with E-state index >= 15 is 0 Å². The molecular formula is C15H18FNO5. The van der Waals surface area contributed by atoms with Crippen LogP contribution in [0, 0.1) is 11.7 Å². The number of hydrogen-bond acceptors (Lipinski definition) is 4. The minimum absolute atomic E-state index is 0.165. The Hall–Kier alpha value is -2.15. The molecule has 1 saturated heterocycles. The van der Waals surface area contributed by atoms with Crippen molar-refractivity contribution in [1.29, 1.82) is 0 Å². The van der Waals surface area contributed by atoms with Gasteiger partial charge in [0, 0.05) is 6.61 Å². The van der Waals surface area contributed by atoms with Crippen LogP contribution < -0.4 is 10.1 Å². The molecule has 1 heterocycles. The van der Waals surface area contributed by atoms with Gasteiger partial charge in [-0.05, 0) is 37.1 Å². The second kappa shape index (κ2) is 7.74. The molecule has 1 aromatic carbocycles. The lowest BCUT2D eigenvalue weighted by molar-refractivity contribution is -0.145. The SMILES string of the molecule is O=C(NCC(Oc1ccc(F)cc1)C(=O)O)C1CCCOC1. The van der Waals surface area contributed by atoms with Crippen LogP contribution in [-0.4, -0.2) is 42.8 Å². The van der Waals surface area contributed by atoms with Crippen molar-refractivity contribution in [3.05, 3.63) is 30.1 Å².